The van der Waals surface area contributed by atoms with Crippen molar-refractivity contribution in [2.75, 3.05) is 14.1 Å². The maximum atomic E-state index is 9.09. The summed E-state index contributed by atoms with van der Waals surface area (Å²) in [5.41, 5.74) is 3.33. The number of benzene rings is 1. The zero-order valence-electron chi connectivity index (χ0n) is 12.9. The predicted molar refractivity (Wildman–Crippen MR) is 81.3 cm³/mol. The molecule has 0 saturated carbocycles. The lowest BCUT2D eigenvalue weighted by molar-refractivity contribution is 0.299. The lowest BCUT2D eigenvalue weighted by atomic mass is 10.2. The fraction of sp³-hybridized carbons (Fsp3) is 0.500. The Bertz CT molecular complexity index is 648. The highest BCUT2D eigenvalue weighted by molar-refractivity contribution is 5.77. The van der Waals surface area contributed by atoms with E-state index in [1.165, 1.54) is 5.56 Å². The number of nitrogens with zero attached hydrogens (tertiary/aromatic N) is 4. The number of aromatic nitrogens is 2. The van der Waals surface area contributed by atoms with Gasteiger partial charge in [-0.15, -0.1) is 0 Å². The molecule has 2 aromatic rings. The van der Waals surface area contributed by atoms with Crippen LogP contribution in [-0.2, 0) is 6.54 Å². The largest absolute Gasteiger partial charge is 0.325 e. The van der Waals surface area contributed by atoms with Crippen molar-refractivity contribution in [3.63, 3.8) is 0 Å². The van der Waals surface area contributed by atoms with Crippen molar-refractivity contribution in [2.24, 2.45) is 5.92 Å². The summed E-state index contributed by atoms with van der Waals surface area (Å²) >= 11 is 0. The van der Waals surface area contributed by atoms with Crippen LogP contribution in [0.4, 0.5) is 0 Å². The maximum absolute atomic E-state index is 9.09. The SMILES string of the molecule is Cc1ccc2c(c1)nc(C(C)N(C)C)n2CC(C)C#N. The zero-order chi connectivity index (χ0) is 14.9. The van der Waals surface area contributed by atoms with E-state index in [4.69, 9.17) is 10.2 Å². The van der Waals surface area contributed by atoms with E-state index in [1.54, 1.807) is 0 Å². The second kappa shape index (κ2) is 5.64. The van der Waals surface area contributed by atoms with Crippen LogP contribution in [-0.4, -0.2) is 28.5 Å². The van der Waals surface area contributed by atoms with Gasteiger partial charge in [-0.2, -0.15) is 5.26 Å². The molecule has 106 valence electrons. The molecule has 0 spiro atoms. The summed E-state index contributed by atoms with van der Waals surface area (Å²) in [4.78, 5) is 6.93. The number of aryl methyl sites for hydroxylation is 1. The average Bonchev–Trinajstić information content (AvgIpc) is 2.75. The van der Waals surface area contributed by atoms with Crippen LogP contribution < -0.4 is 0 Å². The van der Waals surface area contributed by atoms with Crippen LogP contribution in [0.3, 0.4) is 0 Å². The van der Waals surface area contributed by atoms with Gasteiger partial charge in [0, 0.05) is 6.54 Å². The molecule has 20 heavy (non-hydrogen) atoms. The topological polar surface area (TPSA) is 44.9 Å². The molecule has 0 aliphatic heterocycles. The molecule has 1 aromatic carbocycles. The summed E-state index contributed by atoms with van der Waals surface area (Å²) in [6, 6.07) is 8.84. The molecule has 0 radical (unpaired) electrons. The quantitative estimate of drug-likeness (QED) is 0.857. The minimum absolute atomic E-state index is 0.0261. The number of imidazole rings is 1. The van der Waals surface area contributed by atoms with E-state index in [9.17, 15) is 0 Å². The van der Waals surface area contributed by atoms with Crippen molar-refractivity contribution in [3.05, 3.63) is 29.6 Å². The van der Waals surface area contributed by atoms with E-state index in [0.29, 0.717) is 6.54 Å². The van der Waals surface area contributed by atoms with Crippen molar-refractivity contribution in [3.8, 4) is 6.07 Å². The first-order valence-electron chi connectivity index (χ1n) is 6.97. The number of hydrogen-bond acceptors (Lipinski definition) is 3. The summed E-state index contributed by atoms with van der Waals surface area (Å²) < 4.78 is 2.19. The monoisotopic (exact) mass is 270 g/mol. The Morgan fingerprint density at radius 1 is 1.35 bits per heavy atom. The van der Waals surface area contributed by atoms with Gasteiger partial charge in [-0.05, 0) is 52.6 Å². The maximum Gasteiger partial charge on any atom is 0.127 e. The number of rotatable bonds is 4. The van der Waals surface area contributed by atoms with E-state index < -0.39 is 0 Å². The third kappa shape index (κ3) is 2.68. The Balaban J connectivity index is 2.59. The lowest BCUT2D eigenvalue weighted by Gasteiger charge is -2.21. The Morgan fingerprint density at radius 2 is 2.05 bits per heavy atom. The summed E-state index contributed by atoms with van der Waals surface area (Å²) in [5, 5.41) is 9.09. The van der Waals surface area contributed by atoms with E-state index in [1.807, 2.05) is 21.0 Å². The highest BCUT2D eigenvalue weighted by Crippen LogP contribution is 2.25. The molecule has 4 heteroatoms. The summed E-state index contributed by atoms with van der Waals surface area (Å²) in [6.07, 6.45) is 0. The normalized spacial score (nSPS) is 14.4. The summed E-state index contributed by atoms with van der Waals surface area (Å²) in [7, 11) is 4.10. The van der Waals surface area contributed by atoms with Crippen molar-refractivity contribution in [1.82, 2.24) is 14.5 Å². The molecule has 0 fully saturated rings. The molecule has 0 saturated heterocycles. The fourth-order valence-electron chi connectivity index (χ4n) is 2.31. The number of fused-ring (bicyclic) bond motifs is 1. The van der Waals surface area contributed by atoms with E-state index in [-0.39, 0.29) is 12.0 Å². The van der Waals surface area contributed by atoms with Crippen LogP contribution >= 0.6 is 0 Å². The molecule has 0 aliphatic rings. The predicted octanol–water partition coefficient (Wildman–Crippen LogP) is 3.13. The van der Waals surface area contributed by atoms with Gasteiger partial charge in [-0.1, -0.05) is 6.07 Å². The molecule has 2 rings (SSSR count). The average molecular weight is 270 g/mol. The molecule has 2 atom stereocenters. The van der Waals surface area contributed by atoms with E-state index in [0.717, 1.165) is 16.9 Å². The molecule has 1 aromatic heterocycles. The van der Waals surface area contributed by atoms with Gasteiger partial charge in [-0.3, -0.25) is 4.90 Å². The van der Waals surface area contributed by atoms with Crippen LogP contribution in [0.2, 0.25) is 0 Å². The zero-order valence-corrected chi connectivity index (χ0v) is 12.9. The van der Waals surface area contributed by atoms with Gasteiger partial charge in [0.1, 0.15) is 5.82 Å². The van der Waals surface area contributed by atoms with Gasteiger partial charge in [0.2, 0.25) is 0 Å². The molecular formula is C16H22N4. The van der Waals surface area contributed by atoms with Crippen molar-refractivity contribution < 1.29 is 0 Å². The van der Waals surface area contributed by atoms with E-state index in [2.05, 4.69) is 47.6 Å². The third-order valence-electron chi connectivity index (χ3n) is 3.76. The summed E-state index contributed by atoms with van der Waals surface area (Å²) in [6.45, 7) is 6.85. The second-order valence-electron chi connectivity index (χ2n) is 5.74. The fourth-order valence-corrected chi connectivity index (χ4v) is 2.31. The number of nitriles is 1. The van der Waals surface area contributed by atoms with Crippen LogP contribution in [0.15, 0.2) is 18.2 Å². The second-order valence-corrected chi connectivity index (χ2v) is 5.74. The van der Waals surface area contributed by atoms with Gasteiger partial charge in [0.05, 0.1) is 29.1 Å². The smallest absolute Gasteiger partial charge is 0.127 e. The lowest BCUT2D eigenvalue weighted by Crippen LogP contribution is -2.22. The summed E-state index contributed by atoms with van der Waals surface area (Å²) in [5.74, 6) is 1.000. The van der Waals surface area contributed by atoms with Crippen LogP contribution in [0.1, 0.15) is 31.3 Å². The minimum Gasteiger partial charge on any atom is -0.325 e. The Labute approximate surface area is 120 Å². The van der Waals surface area contributed by atoms with Crippen LogP contribution in [0.25, 0.3) is 11.0 Å². The van der Waals surface area contributed by atoms with Crippen LogP contribution in [0.5, 0.6) is 0 Å². The highest BCUT2D eigenvalue weighted by Gasteiger charge is 2.19. The molecular weight excluding hydrogens is 248 g/mol. The molecule has 4 nitrogen and oxygen atoms in total. The van der Waals surface area contributed by atoms with Gasteiger partial charge >= 0.3 is 0 Å². The van der Waals surface area contributed by atoms with Crippen molar-refractivity contribution in [2.45, 2.75) is 33.4 Å². The Hall–Kier alpha value is -1.86. The number of hydrogen-bond donors (Lipinski definition) is 0. The van der Waals surface area contributed by atoms with Crippen molar-refractivity contribution in [1.29, 1.82) is 5.26 Å². The molecule has 0 aliphatic carbocycles. The minimum atomic E-state index is -0.0261. The first kappa shape index (κ1) is 14.5. The Morgan fingerprint density at radius 3 is 2.65 bits per heavy atom. The van der Waals surface area contributed by atoms with Crippen LogP contribution in [0, 0.1) is 24.2 Å². The van der Waals surface area contributed by atoms with Crippen molar-refractivity contribution >= 4 is 11.0 Å². The van der Waals surface area contributed by atoms with E-state index >= 15 is 0 Å². The first-order valence-corrected chi connectivity index (χ1v) is 6.97. The molecule has 1 heterocycles. The highest BCUT2D eigenvalue weighted by atomic mass is 15.2. The molecule has 2 unspecified atom stereocenters. The first-order chi connectivity index (χ1) is 9.43. The van der Waals surface area contributed by atoms with Gasteiger partial charge in [0.15, 0.2) is 0 Å². The van der Waals surface area contributed by atoms with Gasteiger partial charge in [0.25, 0.3) is 0 Å². The van der Waals surface area contributed by atoms with Gasteiger partial charge < -0.3 is 4.57 Å². The Kier molecular flexibility index (Phi) is 4.10. The molecule has 0 N–H and O–H groups in total. The molecule has 0 bridgehead atoms. The standard InChI is InChI=1S/C16H22N4/c1-11-6-7-15-14(8-11)18-16(13(3)19(4)5)20(15)10-12(2)9-17/h6-8,12-13H,10H2,1-5H3. The van der Waals surface area contributed by atoms with Gasteiger partial charge in [-0.25, -0.2) is 4.98 Å². The molecule has 0 amide bonds. The third-order valence-corrected chi connectivity index (χ3v) is 3.76.